The summed E-state index contributed by atoms with van der Waals surface area (Å²) in [6.07, 6.45) is 1.83. The largest absolute Gasteiger partial charge is 0.462 e. The van der Waals surface area contributed by atoms with Crippen molar-refractivity contribution in [3.8, 4) is 0 Å². The molecule has 5 nitrogen and oxygen atoms in total. The van der Waals surface area contributed by atoms with Crippen molar-refractivity contribution in [2.75, 3.05) is 11.9 Å². The molecule has 7 heteroatoms. The van der Waals surface area contributed by atoms with E-state index in [0.717, 1.165) is 26.6 Å². The lowest BCUT2D eigenvalue weighted by Crippen LogP contribution is -2.11. The Morgan fingerprint density at radius 2 is 1.88 bits per heavy atom. The van der Waals surface area contributed by atoms with Gasteiger partial charge in [0, 0.05) is 9.13 Å². The second-order valence-corrected chi connectivity index (χ2v) is 7.93. The number of hydrogen-bond acceptors (Lipinski definition) is 5. The number of carbonyl (C=O) groups is 2. The van der Waals surface area contributed by atoms with Crippen LogP contribution < -0.4 is 5.32 Å². The van der Waals surface area contributed by atoms with Gasteiger partial charge in [-0.3, -0.25) is 10.1 Å². The van der Waals surface area contributed by atoms with Gasteiger partial charge in [-0.05, 0) is 71.5 Å². The van der Waals surface area contributed by atoms with Crippen LogP contribution in [0.4, 0.5) is 5.13 Å². The van der Waals surface area contributed by atoms with Gasteiger partial charge in [0.05, 0.1) is 22.4 Å². The number of amides is 1. The maximum Gasteiger partial charge on any atom is 0.338 e. The highest BCUT2D eigenvalue weighted by molar-refractivity contribution is 14.1. The number of hydrogen-bond donors (Lipinski definition) is 1. The Morgan fingerprint density at radius 3 is 2.62 bits per heavy atom. The van der Waals surface area contributed by atoms with Crippen molar-refractivity contribution in [3.05, 3.63) is 57.2 Å². The van der Waals surface area contributed by atoms with Gasteiger partial charge in [-0.2, -0.15) is 0 Å². The maximum absolute atomic E-state index is 12.3. The van der Waals surface area contributed by atoms with Crippen LogP contribution in [-0.4, -0.2) is 23.5 Å². The highest BCUT2D eigenvalue weighted by Gasteiger charge is 2.13. The van der Waals surface area contributed by atoms with Crippen LogP contribution in [0.2, 0.25) is 0 Å². The number of fused-ring (bicyclic) bond motifs is 1. The Kier molecular flexibility index (Phi) is 6.20. The molecule has 2 aromatic carbocycles. The Hall–Kier alpha value is -2.00. The quantitative estimate of drug-likeness (QED) is 0.303. The summed E-state index contributed by atoms with van der Waals surface area (Å²) in [5, 5.41) is 3.31. The van der Waals surface area contributed by atoms with Crippen LogP contribution >= 0.6 is 33.9 Å². The lowest BCUT2D eigenvalue weighted by Gasteiger charge is -2.03. The predicted molar refractivity (Wildman–Crippen MR) is 112 cm³/mol. The number of nitrogens with zero attached hydrogens (tertiary/aromatic N) is 1. The van der Waals surface area contributed by atoms with Gasteiger partial charge in [0.2, 0.25) is 0 Å². The molecule has 0 atom stereocenters. The van der Waals surface area contributed by atoms with Crippen LogP contribution in [0.5, 0.6) is 0 Å². The van der Waals surface area contributed by atoms with Crippen LogP contribution in [0.3, 0.4) is 0 Å². The minimum atomic E-state index is -0.335. The van der Waals surface area contributed by atoms with Gasteiger partial charge in [-0.15, -0.1) is 0 Å². The highest BCUT2D eigenvalue weighted by atomic mass is 127. The Morgan fingerprint density at radius 1 is 1.15 bits per heavy atom. The molecule has 134 valence electrons. The summed E-state index contributed by atoms with van der Waals surface area (Å²) >= 11 is 3.52. The van der Waals surface area contributed by atoms with Crippen molar-refractivity contribution >= 4 is 61.2 Å². The first-order valence-corrected chi connectivity index (χ1v) is 10.1. The van der Waals surface area contributed by atoms with Crippen molar-refractivity contribution in [1.82, 2.24) is 4.98 Å². The molecule has 0 aliphatic rings. The van der Waals surface area contributed by atoms with E-state index in [-0.39, 0.29) is 11.9 Å². The zero-order chi connectivity index (χ0) is 18.5. The minimum absolute atomic E-state index is 0.209. The summed E-state index contributed by atoms with van der Waals surface area (Å²) in [6, 6.07) is 12.5. The number of unbranched alkanes of at least 4 members (excludes halogenated alkanes) is 1. The molecule has 0 unspecified atom stereocenters. The molecule has 1 aromatic heterocycles. The fourth-order valence-corrected chi connectivity index (χ4v) is 3.53. The summed E-state index contributed by atoms with van der Waals surface area (Å²) in [5.74, 6) is -0.544. The Labute approximate surface area is 168 Å². The first-order valence-electron chi connectivity index (χ1n) is 8.21. The molecule has 0 saturated carbocycles. The van der Waals surface area contributed by atoms with Gasteiger partial charge in [0.1, 0.15) is 0 Å². The molecular weight excluding hydrogens is 463 g/mol. The van der Waals surface area contributed by atoms with Gasteiger partial charge in [0.25, 0.3) is 5.91 Å². The van der Waals surface area contributed by atoms with Crippen molar-refractivity contribution in [3.63, 3.8) is 0 Å². The molecule has 1 N–H and O–H groups in total. The number of carbonyl (C=O) groups excluding carboxylic acids is 2. The third-order valence-electron chi connectivity index (χ3n) is 3.68. The molecule has 26 heavy (non-hydrogen) atoms. The molecule has 0 radical (unpaired) electrons. The van der Waals surface area contributed by atoms with Crippen LogP contribution in [0.15, 0.2) is 42.5 Å². The number of ether oxygens (including phenoxy) is 1. The van der Waals surface area contributed by atoms with E-state index in [1.54, 1.807) is 30.3 Å². The van der Waals surface area contributed by atoms with E-state index in [2.05, 4.69) is 32.9 Å². The van der Waals surface area contributed by atoms with Crippen molar-refractivity contribution in [1.29, 1.82) is 0 Å². The topological polar surface area (TPSA) is 68.3 Å². The van der Waals surface area contributed by atoms with Gasteiger partial charge in [0.15, 0.2) is 5.13 Å². The summed E-state index contributed by atoms with van der Waals surface area (Å²) in [4.78, 5) is 28.8. The van der Waals surface area contributed by atoms with Gasteiger partial charge >= 0.3 is 5.97 Å². The molecule has 0 fully saturated rings. The summed E-state index contributed by atoms with van der Waals surface area (Å²) in [7, 11) is 0. The Bertz CT molecular complexity index is 938. The van der Waals surface area contributed by atoms with Crippen LogP contribution in [-0.2, 0) is 4.74 Å². The molecule has 0 saturated heterocycles. The third kappa shape index (κ3) is 4.59. The SMILES string of the molecule is CCCCOC(=O)c1ccc2nc(NC(=O)c3ccc(I)cc3)sc2c1. The standard InChI is InChI=1S/C19H17IN2O3S/c1-2-3-10-25-18(24)13-6-9-15-16(11-13)26-19(21-15)22-17(23)12-4-7-14(20)8-5-12/h4-9,11H,2-3,10H2,1H3,(H,21,22,23). The Balaban J connectivity index is 1.73. The average molecular weight is 480 g/mol. The van der Waals surface area contributed by atoms with E-state index in [1.807, 2.05) is 19.1 Å². The van der Waals surface area contributed by atoms with E-state index in [0.29, 0.717) is 22.9 Å². The second kappa shape index (κ2) is 8.59. The number of rotatable bonds is 6. The number of nitrogens with one attached hydrogen (secondary N) is 1. The van der Waals surface area contributed by atoms with Crippen molar-refractivity contribution in [2.24, 2.45) is 0 Å². The van der Waals surface area contributed by atoms with Gasteiger partial charge < -0.3 is 4.74 Å². The molecule has 1 heterocycles. The first kappa shape index (κ1) is 18.8. The second-order valence-electron chi connectivity index (χ2n) is 5.65. The molecule has 3 aromatic rings. The van der Waals surface area contributed by atoms with Crippen LogP contribution in [0.25, 0.3) is 10.2 Å². The lowest BCUT2D eigenvalue weighted by molar-refractivity contribution is 0.0500. The monoisotopic (exact) mass is 480 g/mol. The van der Waals surface area contributed by atoms with Crippen molar-refractivity contribution < 1.29 is 14.3 Å². The average Bonchev–Trinajstić information content (AvgIpc) is 3.03. The number of anilines is 1. The predicted octanol–water partition coefficient (Wildman–Crippen LogP) is 5.11. The summed E-state index contributed by atoms with van der Waals surface area (Å²) in [5.41, 5.74) is 1.80. The normalized spacial score (nSPS) is 10.7. The van der Waals surface area contributed by atoms with E-state index < -0.39 is 0 Å². The molecule has 0 aliphatic carbocycles. The van der Waals surface area contributed by atoms with Crippen LogP contribution in [0.1, 0.15) is 40.5 Å². The third-order valence-corrected chi connectivity index (χ3v) is 5.33. The number of aromatic nitrogens is 1. The summed E-state index contributed by atoms with van der Waals surface area (Å²) < 4.78 is 7.12. The minimum Gasteiger partial charge on any atom is -0.462 e. The number of esters is 1. The molecule has 3 rings (SSSR count). The summed E-state index contributed by atoms with van der Waals surface area (Å²) in [6.45, 7) is 2.47. The zero-order valence-corrected chi connectivity index (χ0v) is 17.1. The van der Waals surface area contributed by atoms with E-state index in [1.165, 1.54) is 11.3 Å². The smallest absolute Gasteiger partial charge is 0.338 e. The zero-order valence-electron chi connectivity index (χ0n) is 14.1. The molecule has 0 aliphatic heterocycles. The van der Waals surface area contributed by atoms with Gasteiger partial charge in [-0.1, -0.05) is 24.7 Å². The van der Waals surface area contributed by atoms with E-state index in [9.17, 15) is 9.59 Å². The van der Waals surface area contributed by atoms with Crippen molar-refractivity contribution in [2.45, 2.75) is 19.8 Å². The molecule has 0 bridgehead atoms. The molecular formula is C19H17IN2O3S. The van der Waals surface area contributed by atoms with Crippen LogP contribution in [0, 0.1) is 3.57 Å². The van der Waals surface area contributed by atoms with E-state index >= 15 is 0 Å². The lowest BCUT2D eigenvalue weighted by atomic mass is 10.2. The number of benzene rings is 2. The number of thiazole rings is 1. The highest BCUT2D eigenvalue weighted by Crippen LogP contribution is 2.27. The van der Waals surface area contributed by atoms with Gasteiger partial charge in [-0.25, -0.2) is 9.78 Å². The van der Waals surface area contributed by atoms with E-state index in [4.69, 9.17) is 4.74 Å². The fraction of sp³-hybridized carbons (Fsp3) is 0.211. The first-order chi connectivity index (χ1) is 12.6. The molecule has 0 spiro atoms. The molecule has 1 amide bonds. The maximum atomic E-state index is 12.3. The number of halogens is 1. The fourth-order valence-electron chi connectivity index (χ4n) is 2.27.